The first-order valence-corrected chi connectivity index (χ1v) is 13.4. The fourth-order valence-electron chi connectivity index (χ4n) is 6.81. The van der Waals surface area contributed by atoms with Crippen LogP contribution in [0.1, 0.15) is 63.6 Å². The summed E-state index contributed by atoms with van der Waals surface area (Å²) in [5.41, 5.74) is 3.03. The van der Waals surface area contributed by atoms with Crippen LogP contribution in [0.2, 0.25) is 0 Å². The molecule has 6 rings (SSSR count). The SMILES string of the molecule is CC(C)(C)OC(=O)N1c2ccccc2[C@]23CCN(C(C)(C)c4ccccc4)C(=O)[C@H]2c2ccccc2N[C@H]13. The first-order valence-electron chi connectivity index (χ1n) is 13.4. The Morgan fingerprint density at radius 1 is 0.921 bits per heavy atom. The van der Waals surface area contributed by atoms with E-state index >= 15 is 0 Å². The van der Waals surface area contributed by atoms with Gasteiger partial charge in [-0.15, -0.1) is 0 Å². The van der Waals surface area contributed by atoms with Gasteiger partial charge in [-0.2, -0.15) is 0 Å². The average Bonchev–Trinajstić information content (AvgIpc) is 3.16. The van der Waals surface area contributed by atoms with E-state index in [4.69, 9.17) is 4.74 Å². The highest BCUT2D eigenvalue weighted by Gasteiger charge is 2.65. The lowest BCUT2D eigenvalue weighted by molar-refractivity contribution is -0.145. The Bertz CT molecular complexity index is 1410. The van der Waals surface area contributed by atoms with Crippen LogP contribution in [0.25, 0.3) is 0 Å². The number of carbonyl (C=O) groups excluding carboxylic acids is 2. The Labute approximate surface area is 224 Å². The Morgan fingerprint density at radius 3 is 2.32 bits per heavy atom. The fourth-order valence-corrected chi connectivity index (χ4v) is 6.81. The smallest absolute Gasteiger partial charge is 0.416 e. The van der Waals surface area contributed by atoms with Crippen molar-refractivity contribution >= 4 is 23.4 Å². The zero-order valence-electron chi connectivity index (χ0n) is 22.7. The second-order valence-electron chi connectivity index (χ2n) is 12.1. The number of hydrogen-bond donors (Lipinski definition) is 1. The predicted octanol–water partition coefficient (Wildman–Crippen LogP) is 6.38. The highest BCUT2D eigenvalue weighted by atomic mass is 16.6. The van der Waals surface area contributed by atoms with Crippen molar-refractivity contribution < 1.29 is 14.3 Å². The van der Waals surface area contributed by atoms with Crippen molar-refractivity contribution in [3.8, 4) is 0 Å². The second kappa shape index (κ2) is 8.35. The number of benzene rings is 3. The van der Waals surface area contributed by atoms with E-state index in [1.807, 2.05) is 80.3 Å². The van der Waals surface area contributed by atoms with E-state index in [1.54, 1.807) is 4.90 Å². The monoisotopic (exact) mass is 509 g/mol. The van der Waals surface area contributed by atoms with Gasteiger partial charge in [-0.1, -0.05) is 66.7 Å². The molecule has 0 saturated carbocycles. The third kappa shape index (κ3) is 3.46. The van der Waals surface area contributed by atoms with Gasteiger partial charge in [0.25, 0.3) is 0 Å². The molecule has 0 aliphatic carbocycles. The summed E-state index contributed by atoms with van der Waals surface area (Å²) < 4.78 is 5.90. The van der Waals surface area contributed by atoms with Crippen LogP contribution in [-0.4, -0.2) is 35.2 Å². The van der Waals surface area contributed by atoms with Gasteiger partial charge in [-0.3, -0.25) is 9.69 Å². The van der Waals surface area contributed by atoms with Gasteiger partial charge in [0.05, 0.1) is 22.6 Å². The van der Waals surface area contributed by atoms with Crippen molar-refractivity contribution in [3.05, 3.63) is 95.6 Å². The number of nitrogens with zero attached hydrogens (tertiary/aromatic N) is 2. The van der Waals surface area contributed by atoms with Crippen LogP contribution in [0.4, 0.5) is 16.2 Å². The number of anilines is 2. The van der Waals surface area contributed by atoms with Gasteiger partial charge in [0.15, 0.2) is 0 Å². The maximum Gasteiger partial charge on any atom is 0.416 e. The Balaban J connectivity index is 1.52. The summed E-state index contributed by atoms with van der Waals surface area (Å²) in [5.74, 6) is -0.361. The lowest BCUT2D eigenvalue weighted by Gasteiger charge is -2.55. The molecule has 196 valence electrons. The van der Waals surface area contributed by atoms with Gasteiger partial charge >= 0.3 is 6.09 Å². The standard InChI is InChI=1S/C32H35N3O3/c1-30(2,3)38-29(37)35-25-18-12-10-16-23(25)32-19-20-34(31(4,5)21-13-7-6-8-14-21)27(36)26(32)22-15-9-11-17-24(22)33-28(32)35/h6-18,26,28,33H,19-20H2,1-5H3/t26-,28-,32-/m1/s1. The summed E-state index contributed by atoms with van der Waals surface area (Å²) in [5, 5.41) is 3.67. The minimum Gasteiger partial charge on any atom is -0.443 e. The number of hydrogen-bond acceptors (Lipinski definition) is 4. The van der Waals surface area contributed by atoms with Gasteiger partial charge in [0, 0.05) is 12.2 Å². The molecule has 0 unspecified atom stereocenters. The topological polar surface area (TPSA) is 61.9 Å². The quantitative estimate of drug-likeness (QED) is 0.435. The molecule has 2 amide bonds. The Hall–Kier alpha value is -3.80. The number of carbonyl (C=O) groups is 2. The van der Waals surface area contributed by atoms with Crippen LogP contribution in [0.15, 0.2) is 78.9 Å². The molecule has 0 bridgehead atoms. The highest BCUT2D eigenvalue weighted by molar-refractivity contribution is 5.99. The zero-order valence-corrected chi connectivity index (χ0v) is 22.7. The number of rotatable bonds is 2. The van der Waals surface area contributed by atoms with E-state index in [1.165, 1.54) is 0 Å². The first-order chi connectivity index (χ1) is 18.1. The molecule has 3 aromatic carbocycles. The maximum atomic E-state index is 14.8. The first kappa shape index (κ1) is 24.5. The summed E-state index contributed by atoms with van der Waals surface area (Å²) in [6.45, 7) is 10.5. The van der Waals surface area contributed by atoms with Crippen LogP contribution >= 0.6 is 0 Å². The fraction of sp³-hybridized carbons (Fsp3) is 0.375. The van der Waals surface area contributed by atoms with E-state index in [0.717, 1.165) is 28.1 Å². The van der Waals surface area contributed by atoms with Crippen LogP contribution in [-0.2, 0) is 20.5 Å². The number of likely N-dealkylation sites (tertiary alicyclic amines) is 1. The molecule has 1 spiro atoms. The van der Waals surface area contributed by atoms with Crippen molar-refractivity contribution in [1.82, 2.24) is 4.90 Å². The second-order valence-corrected chi connectivity index (χ2v) is 12.1. The van der Waals surface area contributed by atoms with Gasteiger partial charge < -0.3 is 15.0 Å². The molecular formula is C32H35N3O3. The molecule has 1 saturated heterocycles. The van der Waals surface area contributed by atoms with Gasteiger partial charge in [-0.25, -0.2) is 4.79 Å². The van der Waals surface area contributed by atoms with Crippen molar-refractivity contribution in [2.24, 2.45) is 0 Å². The van der Waals surface area contributed by atoms with Crippen LogP contribution in [0.5, 0.6) is 0 Å². The Morgan fingerprint density at radius 2 is 1.58 bits per heavy atom. The van der Waals surface area contributed by atoms with Gasteiger partial charge in [-0.05, 0) is 69.9 Å². The van der Waals surface area contributed by atoms with E-state index < -0.39 is 34.7 Å². The van der Waals surface area contributed by atoms with E-state index in [0.29, 0.717) is 13.0 Å². The molecule has 3 aliphatic heterocycles. The number of ether oxygens (including phenoxy) is 1. The summed E-state index contributed by atoms with van der Waals surface area (Å²) in [6, 6.07) is 26.3. The van der Waals surface area contributed by atoms with Crippen molar-refractivity contribution in [1.29, 1.82) is 0 Å². The maximum absolute atomic E-state index is 14.8. The average molecular weight is 510 g/mol. The highest BCUT2D eigenvalue weighted by Crippen LogP contribution is 2.61. The molecule has 1 N–H and O–H groups in total. The number of amides is 2. The Kier molecular flexibility index (Phi) is 5.39. The van der Waals surface area contributed by atoms with E-state index in [2.05, 4.69) is 43.4 Å². The van der Waals surface area contributed by atoms with Gasteiger partial charge in [0.1, 0.15) is 11.8 Å². The van der Waals surface area contributed by atoms with Crippen molar-refractivity contribution in [2.75, 3.05) is 16.8 Å². The summed E-state index contributed by atoms with van der Waals surface area (Å²) in [6.07, 6.45) is -0.139. The van der Waals surface area contributed by atoms with Crippen LogP contribution in [0, 0.1) is 0 Å². The number of piperidine rings is 1. The molecule has 3 aromatic rings. The lowest BCUT2D eigenvalue weighted by Crippen LogP contribution is -2.65. The molecule has 6 heteroatoms. The third-order valence-electron chi connectivity index (χ3n) is 8.50. The largest absolute Gasteiger partial charge is 0.443 e. The molecule has 38 heavy (non-hydrogen) atoms. The number of para-hydroxylation sites is 2. The van der Waals surface area contributed by atoms with Gasteiger partial charge in [0.2, 0.25) is 5.91 Å². The predicted molar refractivity (Wildman–Crippen MR) is 149 cm³/mol. The molecule has 1 fully saturated rings. The third-order valence-corrected chi connectivity index (χ3v) is 8.50. The lowest BCUT2D eigenvalue weighted by atomic mass is 9.60. The minimum atomic E-state index is -0.646. The number of fused-ring (bicyclic) bond motifs is 3. The molecule has 3 aliphatic rings. The van der Waals surface area contributed by atoms with Crippen molar-refractivity contribution in [2.45, 2.75) is 69.7 Å². The molecule has 0 aromatic heterocycles. The molecule has 0 radical (unpaired) electrons. The molecule has 3 atom stereocenters. The summed E-state index contributed by atoms with van der Waals surface area (Å²) >= 11 is 0. The molecular weight excluding hydrogens is 474 g/mol. The van der Waals surface area contributed by atoms with E-state index in [9.17, 15) is 9.59 Å². The van der Waals surface area contributed by atoms with Crippen LogP contribution < -0.4 is 10.2 Å². The van der Waals surface area contributed by atoms with Crippen LogP contribution in [0.3, 0.4) is 0 Å². The minimum absolute atomic E-state index is 0.0879. The summed E-state index contributed by atoms with van der Waals surface area (Å²) in [7, 11) is 0. The molecule has 6 nitrogen and oxygen atoms in total. The van der Waals surface area contributed by atoms with E-state index in [-0.39, 0.29) is 5.91 Å². The molecule has 3 heterocycles. The van der Waals surface area contributed by atoms with Crippen molar-refractivity contribution in [3.63, 3.8) is 0 Å². The summed E-state index contributed by atoms with van der Waals surface area (Å²) in [4.78, 5) is 32.3. The number of nitrogens with one attached hydrogen (secondary N) is 1. The normalized spacial score (nSPS) is 24.1. The zero-order chi connectivity index (χ0) is 26.9.